The molecule has 7 heteroatoms. The van der Waals surface area contributed by atoms with E-state index < -0.39 is 5.97 Å². The van der Waals surface area contributed by atoms with Gasteiger partial charge in [0.05, 0.1) is 11.5 Å². The van der Waals surface area contributed by atoms with Crippen molar-refractivity contribution in [3.05, 3.63) is 53.9 Å². The molecule has 1 saturated heterocycles. The first kappa shape index (κ1) is 17.8. The van der Waals surface area contributed by atoms with Crippen molar-refractivity contribution in [3.8, 4) is 0 Å². The minimum atomic E-state index is -1.04. The molecule has 0 aliphatic carbocycles. The molecule has 1 aromatic heterocycles. The van der Waals surface area contributed by atoms with Crippen LogP contribution in [0.1, 0.15) is 35.2 Å². The summed E-state index contributed by atoms with van der Waals surface area (Å²) in [5.41, 5.74) is 1.12. The third-order valence-corrected chi connectivity index (χ3v) is 4.67. The Hall–Kier alpha value is -2.96. The molecule has 26 heavy (non-hydrogen) atoms. The van der Waals surface area contributed by atoms with Crippen molar-refractivity contribution in [2.45, 2.75) is 19.3 Å². The molecule has 2 heterocycles. The number of piperazine rings is 1. The molecule has 1 aromatic carbocycles. The van der Waals surface area contributed by atoms with Gasteiger partial charge in [0.1, 0.15) is 0 Å². The van der Waals surface area contributed by atoms with Crippen molar-refractivity contribution in [2.75, 3.05) is 31.1 Å². The number of nitrogens with zero attached hydrogens (tertiary/aromatic N) is 4. The maximum atomic E-state index is 12.9. The van der Waals surface area contributed by atoms with Crippen molar-refractivity contribution in [1.29, 1.82) is 0 Å². The van der Waals surface area contributed by atoms with Crippen molar-refractivity contribution in [3.63, 3.8) is 0 Å². The molecule has 1 fully saturated rings. The summed E-state index contributed by atoms with van der Waals surface area (Å²) in [6.45, 7) is 4.49. The lowest BCUT2D eigenvalue weighted by molar-refractivity contribution is -0.133. The molecule has 1 aliphatic heterocycles. The number of benzene rings is 1. The van der Waals surface area contributed by atoms with E-state index in [-0.39, 0.29) is 17.4 Å². The zero-order chi connectivity index (χ0) is 18.5. The molecule has 0 saturated carbocycles. The number of carboxylic acids is 1. The van der Waals surface area contributed by atoms with Crippen LogP contribution in [0.4, 0.5) is 5.95 Å². The van der Waals surface area contributed by atoms with Gasteiger partial charge in [0.15, 0.2) is 0 Å². The zero-order valence-corrected chi connectivity index (χ0v) is 14.7. The Morgan fingerprint density at radius 2 is 1.69 bits per heavy atom. The molecule has 1 aliphatic rings. The van der Waals surface area contributed by atoms with Crippen LogP contribution in [0.15, 0.2) is 42.7 Å². The largest absolute Gasteiger partial charge is 0.478 e. The van der Waals surface area contributed by atoms with Gasteiger partial charge in [-0.05, 0) is 12.0 Å². The molecular weight excluding hydrogens is 332 g/mol. The molecular formula is C19H22N4O3. The van der Waals surface area contributed by atoms with Crippen molar-refractivity contribution in [1.82, 2.24) is 14.9 Å². The van der Waals surface area contributed by atoms with Gasteiger partial charge in [0, 0.05) is 38.6 Å². The number of hydrogen-bond acceptors (Lipinski definition) is 5. The average Bonchev–Trinajstić information content (AvgIpc) is 2.69. The van der Waals surface area contributed by atoms with Gasteiger partial charge in [-0.2, -0.15) is 0 Å². The molecule has 0 radical (unpaired) electrons. The van der Waals surface area contributed by atoms with Crippen molar-refractivity contribution < 1.29 is 14.7 Å². The van der Waals surface area contributed by atoms with Crippen LogP contribution in [0.5, 0.6) is 0 Å². The summed E-state index contributed by atoms with van der Waals surface area (Å²) >= 11 is 0. The van der Waals surface area contributed by atoms with Gasteiger partial charge >= 0.3 is 5.97 Å². The molecule has 2 aromatic rings. The number of rotatable bonds is 5. The monoisotopic (exact) mass is 354 g/mol. The second kappa shape index (κ2) is 7.95. The van der Waals surface area contributed by atoms with Gasteiger partial charge < -0.3 is 14.9 Å². The molecule has 3 rings (SSSR count). The summed E-state index contributed by atoms with van der Waals surface area (Å²) in [6.07, 6.45) is 3.39. The lowest BCUT2D eigenvalue weighted by atomic mass is 9.95. The first-order chi connectivity index (χ1) is 12.6. The van der Waals surface area contributed by atoms with Gasteiger partial charge in [0.2, 0.25) is 11.9 Å². The highest BCUT2D eigenvalue weighted by Crippen LogP contribution is 2.23. The van der Waals surface area contributed by atoms with Crippen molar-refractivity contribution >= 4 is 17.8 Å². The van der Waals surface area contributed by atoms with E-state index in [9.17, 15) is 9.59 Å². The predicted octanol–water partition coefficient (Wildman–Crippen LogP) is 2.02. The van der Waals surface area contributed by atoms with Crippen LogP contribution in [0.2, 0.25) is 0 Å². The number of carbonyl (C=O) groups is 2. The first-order valence-electron chi connectivity index (χ1n) is 8.74. The number of anilines is 1. The minimum Gasteiger partial charge on any atom is -0.478 e. The zero-order valence-electron chi connectivity index (χ0n) is 14.7. The summed E-state index contributed by atoms with van der Waals surface area (Å²) in [7, 11) is 0. The third-order valence-electron chi connectivity index (χ3n) is 4.67. The SMILES string of the molecule is CCC(C(=O)N1CCN(c2ncc(C(=O)O)cn2)CC1)c1ccccc1. The molecule has 0 bridgehead atoms. The lowest BCUT2D eigenvalue weighted by Crippen LogP contribution is -2.50. The average molecular weight is 354 g/mol. The smallest absolute Gasteiger partial charge is 0.338 e. The maximum Gasteiger partial charge on any atom is 0.338 e. The number of aromatic nitrogens is 2. The van der Waals surface area contributed by atoms with Crippen LogP contribution in [-0.4, -0.2) is 58.0 Å². The van der Waals surface area contributed by atoms with Gasteiger partial charge in [0.25, 0.3) is 0 Å². The molecule has 1 N–H and O–H groups in total. The first-order valence-corrected chi connectivity index (χ1v) is 8.74. The molecule has 1 amide bonds. The van der Waals surface area contributed by atoms with Crippen LogP contribution in [0, 0.1) is 0 Å². The molecule has 1 unspecified atom stereocenters. The Kier molecular flexibility index (Phi) is 5.46. The highest BCUT2D eigenvalue weighted by molar-refractivity contribution is 5.86. The predicted molar refractivity (Wildman–Crippen MR) is 97.3 cm³/mol. The normalized spacial score (nSPS) is 15.6. The number of carboxylic acid groups (broad SMARTS) is 1. The Bertz CT molecular complexity index is 756. The van der Waals surface area contributed by atoms with Crippen LogP contribution >= 0.6 is 0 Å². The van der Waals surface area contributed by atoms with Gasteiger partial charge in [-0.15, -0.1) is 0 Å². The van der Waals surface area contributed by atoms with E-state index in [1.54, 1.807) is 0 Å². The summed E-state index contributed by atoms with van der Waals surface area (Å²) in [6, 6.07) is 9.87. The molecule has 1 atom stereocenters. The highest BCUT2D eigenvalue weighted by atomic mass is 16.4. The van der Waals surface area contributed by atoms with Gasteiger partial charge in [-0.1, -0.05) is 37.3 Å². The maximum absolute atomic E-state index is 12.9. The molecule has 7 nitrogen and oxygen atoms in total. The lowest BCUT2D eigenvalue weighted by Gasteiger charge is -2.36. The topological polar surface area (TPSA) is 86.6 Å². The summed E-state index contributed by atoms with van der Waals surface area (Å²) < 4.78 is 0. The van der Waals surface area contributed by atoms with E-state index in [1.807, 2.05) is 47.1 Å². The van der Waals surface area contributed by atoms with E-state index in [0.717, 1.165) is 12.0 Å². The highest BCUT2D eigenvalue weighted by Gasteiger charge is 2.28. The fourth-order valence-corrected chi connectivity index (χ4v) is 3.18. The summed E-state index contributed by atoms with van der Waals surface area (Å²) in [5, 5.41) is 8.91. The van der Waals surface area contributed by atoms with E-state index >= 15 is 0 Å². The van der Waals surface area contributed by atoms with Crippen LogP contribution in [0.3, 0.4) is 0 Å². The van der Waals surface area contributed by atoms with Crippen molar-refractivity contribution in [2.24, 2.45) is 0 Å². The van der Waals surface area contributed by atoms with Crippen LogP contribution in [-0.2, 0) is 4.79 Å². The molecule has 136 valence electrons. The number of hydrogen-bond donors (Lipinski definition) is 1. The second-order valence-electron chi connectivity index (χ2n) is 6.26. The Morgan fingerprint density at radius 3 is 2.23 bits per heavy atom. The van der Waals surface area contributed by atoms with E-state index in [1.165, 1.54) is 12.4 Å². The quantitative estimate of drug-likeness (QED) is 0.884. The fourth-order valence-electron chi connectivity index (χ4n) is 3.18. The molecule has 0 spiro atoms. The standard InChI is InChI=1S/C19H22N4O3/c1-2-16(14-6-4-3-5-7-14)17(24)22-8-10-23(11-9-22)19-20-12-15(13-21-19)18(25)26/h3-7,12-13,16H,2,8-11H2,1H3,(H,25,26). The minimum absolute atomic E-state index is 0.0659. The van der Waals surface area contributed by atoms with E-state index in [2.05, 4.69) is 9.97 Å². The van der Waals surface area contributed by atoms with Crippen LogP contribution < -0.4 is 4.90 Å². The van der Waals surface area contributed by atoms with Crippen LogP contribution in [0.25, 0.3) is 0 Å². The number of amides is 1. The summed E-state index contributed by atoms with van der Waals surface area (Å²) in [4.78, 5) is 35.9. The Morgan fingerprint density at radius 1 is 1.08 bits per heavy atom. The Labute approximate surface area is 152 Å². The summed E-state index contributed by atoms with van der Waals surface area (Å²) in [5.74, 6) is -0.509. The third kappa shape index (κ3) is 3.82. The van der Waals surface area contributed by atoms with Gasteiger partial charge in [-0.25, -0.2) is 14.8 Å². The van der Waals surface area contributed by atoms with E-state index in [0.29, 0.717) is 32.1 Å². The second-order valence-corrected chi connectivity index (χ2v) is 6.26. The van der Waals surface area contributed by atoms with Gasteiger partial charge in [-0.3, -0.25) is 4.79 Å². The van der Waals surface area contributed by atoms with E-state index in [4.69, 9.17) is 5.11 Å². The Balaban J connectivity index is 1.62. The number of carbonyl (C=O) groups excluding carboxylic acids is 1. The fraction of sp³-hybridized carbons (Fsp3) is 0.368. The number of aromatic carboxylic acids is 1.